The molecule has 0 saturated carbocycles. The molecule has 37 heavy (non-hydrogen) atoms. The van der Waals surface area contributed by atoms with Crippen molar-refractivity contribution >= 4 is 0 Å². The molecule has 2 nitrogen and oxygen atoms in total. The molecule has 0 heterocycles. The number of aliphatic hydroxyl groups is 1. The van der Waals surface area contributed by atoms with Crippen molar-refractivity contribution in [2.45, 2.75) is 25.9 Å². The molecule has 0 fully saturated rings. The molecule has 0 saturated heterocycles. The molecule has 0 bridgehead atoms. The largest absolute Gasteiger partial charge is 0.478 e. The Labute approximate surface area is 213 Å². The highest BCUT2D eigenvalue weighted by Gasteiger charge is 2.17. The van der Waals surface area contributed by atoms with Crippen molar-refractivity contribution in [1.82, 2.24) is 0 Å². The van der Waals surface area contributed by atoms with Gasteiger partial charge in [-0.2, -0.15) is 4.39 Å². The fraction of sp³-hybridized carbons (Fsp3) is 0.161. The Morgan fingerprint density at radius 3 is 1.89 bits per heavy atom. The zero-order valence-electron chi connectivity index (χ0n) is 20.1. The van der Waals surface area contributed by atoms with Crippen molar-refractivity contribution in [2.75, 3.05) is 6.61 Å². The standard InChI is InChI=1S/C31H24F4O2/c1-3-18-37-27-17-16-26(30(34)31(27)35)22-7-4-20(5-8-22)6-9-24-14-15-25(29(33)28(24)32)23-12-10-21(11-13-23)19(2)36/h1,4-5,7-8,10-17,19,36H,6,9,18H2,2H3. The molecule has 1 N–H and O–H groups in total. The number of hydrogen-bond acceptors (Lipinski definition) is 2. The molecule has 188 valence electrons. The second-order valence-electron chi connectivity index (χ2n) is 8.63. The SMILES string of the molecule is C#CCOc1ccc(-c2ccc(CCc3ccc(-c4ccc(C(C)O)cc4)c(F)c3F)cc2)c(F)c1F. The number of hydrogen-bond donors (Lipinski definition) is 1. The highest BCUT2D eigenvalue weighted by Crippen LogP contribution is 2.31. The maximum absolute atomic E-state index is 14.8. The quantitative estimate of drug-likeness (QED) is 0.200. The van der Waals surface area contributed by atoms with E-state index in [0.29, 0.717) is 23.1 Å². The van der Waals surface area contributed by atoms with Crippen LogP contribution >= 0.6 is 0 Å². The average molecular weight is 505 g/mol. The smallest absolute Gasteiger partial charge is 0.201 e. The van der Waals surface area contributed by atoms with Gasteiger partial charge in [-0.3, -0.25) is 0 Å². The highest BCUT2D eigenvalue weighted by molar-refractivity contribution is 5.66. The Morgan fingerprint density at radius 1 is 0.730 bits per heavy atom. The van der Waals surface area contributed by atoms with Crippen LogP contribution in [0.5, 0.6) is 5.75 Å². The molecule has 1 unspecified atom stereocenters. The second kappa shape index (κ2) is 11.3. The molecule has 4 aromatic carbocycles. The van der Waals surface area contributed by atoms with Crippen molar-refractivity contribution < 1.29 is 27.4 Å². The Morgan fingerprint density at radius 2 is 1.30 bits per heavy atom. The third-order valence-electron chi connectivity index (χ3n) is 6.17. The predicted octanol–water partition coefficient (Wildman–Crippen LogP) is 7.43. The summed E-state index contributed by atoms with van der Waals surface area (Å²) in [6.07, 6.45) is 5.12. The van der Waals surface area contributed by atoms with Crippen molar-refractivity contribution in [2.24, 2.45) is 0 Å². The Balaban J connectivity index is 1.46. The first kappa shape index (κ1) is 26.0. The van der Waals surface area contributed by atoms with Gasteiger partial charge in [0.1, 0.15) is 6.61 Å². The van der Waals surface area contributed by atoms with Gasteiger partial charge < -0.3 is 9.84 Å². The van der Waals surface area contributed by atoms with Crippen LogP contribution in [0.2, 0.25) is 0 Å². The van der Waals surface area contributed by atoms with Crippen LogP contribution in [0, 0.1) is 35.6 Å². The van der Waals surface area contributed by atoms with Gasteiger partial charge in [-0.1, -0.05) is 66.6 Å². The maximum atomic E-state index is 14.8. The zero-order valence-corrected chi connectivity index (χ0v) is 20.1. The van der Waals surface area contributed by atoms with Crippen LogP contribution in [-0.2, 0) is 12.8 Å². The van der Waals surface area contributed by atoms with Gasteiger partial charge in [0.2, 0.25) is 5.82 Å². The van der Waals surface area contributed by atoms with E-state index in [-0.39, 0.29) is 35.5 Å². The molecular weight excluding hydrogens is 480 g/mol. The first-order valence-corrected chi connectivity index (χ1v) is 11.7. The van der Waals surface area contributed by atoms with Crippen LogP contribution in [0.1, 0.15) is 29.7 Å². The van der Waals surface area contributed by atoms with Crippen molar-refractivity contribution in [3.63, 3.8) is 0 Å². The first-order valence-electron chi connectivity index (χ1n) is 11.7. The number of aryl methyl sites for hydroxylation is 2. The van der Waals surface area contributed by atoms with Crippen LogP contribution in [-0.4, -0.2) is 11.7 Å². The summed E-state index contributed by atoms with van der Waals surface area (Å²) in [6.45, 7) is 1.46. The second-order valence-corrected chi connectivity index (χ2v) is 8.63. The number of terminal acetylenes is 1. The predicted molar refractivity (Wildman–Crippen MR) is 136 cm³/mol. The van der Waals surface area contributed by atoms with Crippen LogP contribution in [0.25, 0.3) is 22.3 Å². The van der Waals surface area contributed by atoms with Gasteiger partial charge in [0, 0.05) is 11.1 Å². The number of rotatable bonds is 8. The molecule has 6 heteroatoms. The van der Waals surface area contributed by atoms with Gasteiger partial charge >= 0.3 is 0 Å². The van der Waals surface area contributed by atoms with Crippen LogP contribution in [0.4, 0.5) is 17.6 Å². The van der Waals surface area contributed by atoms with E-state index in [9.17, 15) is 22.7 Å². The lowest BCUT2D eigenvalue weighted by Crippen LogP contribution is -2.00. The molecule has 0 spiro atoms. The average Bonchev–Trinajstić information content (AvgIpc) is 2.91. The lowest BCUT2D eigenvalue weighted by atomic mass is 9.97. The fourth-order valence-electron chi connectivity index (χ4n) is 4.06. The minimum Gasteiger partial charge on any atom is -0.478 e. The van der Waals surface area contributed by atoms with Gasteiger partial charge in [-0.05, 0) is 59.7 Å². The number of aliphatic hydroxyl groups excluding tert-OH is 1. The third kappa shape index (κ3) is 5.68. The Kier molecular flexibility index (Phi) is 7.95. The van der Waals surface area contributed by atoms with E-state index in [1.165, 1.54) is 12.1 Å². The lowest BCUT2D eigenvalue weighted by Gasteiger charge is -2.11. The first-order chi connectivity index (χ1) is 17.8. The van der Waals surface area contributed by atoms with E-state index in [2.05, 4.69) is 5.92 Å². The number of benzene rings is 4. The minimum absolute atomic E-state index is 0.0716. The monoisotopic (exact) mass is 504 g/mol. The molecule has 0 aliphatic rings. The third-order valence-corrected chi connectivity index (χ3v) is 6.17. The number of halogens is 4. The topological polar surface area (TPSA) is 29.5 Å². The summed E-state index contributed by atoms with van der Waals surface area (Å²) < 4.78 is 63.5. The minimum atomic E-state index is -1.11. The van der Waals surface area contributed by atoms with Crippen molar-refractivity contribution in [3.05, 3.63) is 113 Å². The molecule has 4 aromatic rings. The molecular formula is C31H24F4O2. The Bertz CT molecular complexity index is 1440. The zero-order chi connectivity index (χ0) is 26.5. The van der Waals surface area contributed by atoms with Gasteiger partial charge in [-0.25, -0.2) is 13.2 Å². The van der Waals surface area contributed by atoms with Crippen LogP contribution in [0.15, 0.2) is 72.8 Å². The summed E-state index contributed by atoms with van der Waals surface area (Å²) in [4.78, 5) is 0. The molecule has 0 aliphatic carbocycles. The van der Waals surface area contributed by atoms with Gasteiger partial charge in [0.15, 0.2) is 23.2 Å². The Hall–Kier alpha value is -4.08. The van der Waals surface area contributed by atoms with Crippen molar-refractivity contribution in [1.29, 1.82) is 0 Å². The van der Waals surface area contributed by atoms with E-state index < -0.39 is 29.4 Å². The van der Waals surface area contributed by atoms with E-state index in [1.807, 2.05) is 0 Å². The molecule has 0 aliphatic heterocycles. The summed E-state index contributed by atoms with van der Waals surface area (Å²) in [6, 6.07) is 19.3. The molecule has 0 amide bonds. The van der Waals surface area contributed by atoms with Gasteiger partial charge in [-0.15, -0.1) is 6.42 Å². The maximum Gasteiger partial charge on any atom is 0.201 e. The van der Waals surface area contributed by atoms with Crippen LogP contribution < -0.4 is 4.74 Å². The molecule has 0 aromatic heterocycles. The van der Waals surface area contributed by atoms with E-state index in [0.717, 1.165) is 5.56 Å². The van der Waals surface area contributed by atoms with E-state index in [1.54, 1.807) is 67.6 Å². The molecule has 0 radical (unpaired) electrons. The summed E-state index contributed by atoms with van der Waals surface area (Å²) in [5, 5.41) is 9.63. The van der Waals surface area contributed by atoms with Crippen molar-refractivity contribution in [3.8, 4) is 40.3 Å². The van der Waals surface area contributed by atoms with E-state index in [4.69, 9.17) is 11.2 Å². The molecule has 4 rings (SSSR count). The normalized spacial score (nSPS) is 11.7. The van der Waals surface area contributed by atoms with Crippen LogP contribution in [0.3, 0.4) is 0 Å². The molecule has 1 atom stereocenters. The summed E-state index contributed by atoms with van der Waals surface area (Å²) in [5.74, 6) is -2.04. The summed E-state index contributed by atoms with van der Waals surface area (Å²) in [7, 11) is 0. The van der Waals surface area contributed by atoms with Gasteiger partial charge in [0.05, 0.1) is 6.10 Å². The van der Waals surface area contributed by atoms with E-state index >= 15 is 0 Å². The highest BCUT2D eigenvalue weighted by atomic mass is 19.2. The number of ether oxygens (including phenoxy) is 1. The fourth-order valence-corrected chi connectivity index (χ4v) is 4.06. The summed E-state index contributed by atoms with van der Waals surface area (Å²) in [5.41, 5.74) is 2.95. The van der Waals surface area contributed by atoms with Gasteiger partial charge in [0.25, 0.3) is 0 Å². The lowest BCUT2D eigenvalue weighted by molar-refractivity contribution is 0.199. The summed E-state index contributed by atoms with van der Waals surface area (Å²) >= 11 is 0.